The zero-order valence-electron chi connectivity index (χ0n) is 11.2. The SMILES string of the molecule is C=CCC(CCCCC)C(=O)OC(C)(C)C. The van der Waals surface area contributed by atoms with Crippen molar-refractivity contribution in [1.82, 2.24) is 0 Å². The fraction of sp³-hybridized carbons (Fsp3) is 0.786. The van der Waals surface area contributed by atoms with Crippen LogP contribution in [0.2, 0.25) is 0 Å². The first-order valence-corrected chi connectivity index (χ1v) is 6.24. The highest BCUT2D eigenvalue weighted by Crippen LogP contribution is 2.19. The Morgan fingerprint density at radius 1 is 1.38 bits per heavy atom. The van der Waals surface area contributed by atoms with Crippen LogP contribution in [0.3, 0.4) is 0 Å². The first-order chi connectivity index (χ1) is 7.40. The largest absolute Gasteiger partial charge is 0.460 e. The highest BCUT2D eigenvalue weighted by Gasteiger charge is 2.23. The van der Waals surface area contributed by atoms with E-state index in [0.29, 0.717) is 0 Å². The quantitative estimate of drug-likeness (QED) is 0.371. The van der Waals surface area contributed by atoms with Gasteiger partial charge in [0.2, 0.25) is 0 Å². The van der Waals surface area contributed by atoms with Gasteiger partial charge in [-0.1, -0.05) is 32.3 Å². The molecule has 0 aromatic heterocycles. The van der Waals surface area contributed by atoms with E-state index in [-0.39, 0.29) is 17.5 Å². The van der Waals surface area contributed by atoms with Crippen LogP contribution < -0.4 is 0 Å². The first-order valence-electron chi connectivity index (χ1n) is 6.24. The third-order valence-electron chi connectivity index (χ3n) is 2.35. The molecule has 2 nitrogen and oxygen atoms in total. The van der Waals surface area contributed by atoms with Gasteiger partial charge in [0.1, 0.15) is 5.60 Å². The highest BCUT2D eigenvalue weighted by atomic mass is 16.6. The highest BCUT2D eigenvalue weighted by molar-refractivity contribution is 5.73. The van der Waals surface area contributed by atoms with Crippen LogP contribution in [0.1, 0.15) is 59.8 Å². The van der Waals surface area contributed by atoms with Gasteiger partial charge in [0, 0.05) is 0 Å². The summed E-state index contributed by atoms with van der Waals surface area (Å²) >= 11 is 0. The van der Waals surface area contributed by atoms with E-state index in [1.54, 1.807) is 6.08 Å². The van der Waals surface area contributed by atoms with Crippen molar-refractivity contribution in [2.24, 2.45) is 5.92 Å². The zero-order valence-corrected chi connectivity index (χ0v) is 11.2. The van der Waals surface area contributed by atoms with Crippen LogP contribution >= 0.6 is 0 Å². The van der Waals surface area contributed by atoms with Crippen LogP contribution in [0.4, 0.5) is 0 Å². The number of hydrogen-bond donors (Lipinski definition) is 0. The summed E-state index contributed by atoms with van der Waals surface area (Å²) in [5, 5.41) is 0. The second-order valence-electron chi connectivity index (χ2n) is 5.25. The number of rotatable bonds is 7. The average molecular weight is 226 g/mol. The molecule has 94 valence electrons. The van der Waals surface area contributed by atoms with Gasteiger partial charge in [0.15, 0.2) is 0 Å². The molecule has 0 amide bonds. The van der Waals surface area contributed by atoms with Crippen molar-refractivity contribution in [2.75, 3.05) is 0 Å². The van der Waals surface area contributed by atoms with Crippen molar-refractivity contribution < 1.29 is 9.53 Å². The lowest BCUT2D eigenvalue weighted by atomic mass is 9.97. The molecule has 0 heterocycles. The van der Waals surface area contributed by atoms with Gasteiger partial charge < -0.3 is 4.74 Å². The Morgan fingerprint density at radius 3 is 2.44 bits per heavy atom. The van der Waals surface area contributed by atoms with Gasteiger partial charge in [0.25, 0.3) is 0 Å². The second-order valence-corrected chi connectivity index (χ2v) is 5.25. The Bertz CT molecular complexity index is 213. The number of carbonyl (C=O) groups is 1. The normalized spacial score (nSPS) is 13.2. The maximum Gasteiger partial charge on any atom is 0.309 e. The van der Waals surface area contributed by atoms with E-state index in [4.69, 9.17) is 4.74 Å². The molecule has 0 rings (SSSR count). The minimum Gasteiger partial charge on any atom is -0.460 e. The molecule has 0 saturated heterocycles. The topological polar surface area (TPSA) is 26.3 Å². The molecular formula is C14H26O2. The Kier molecular flexibility index (Phi) is 7.11. The van der Waals surface area contributed by atoms with Crippen LogP contribution in [0.25, 0.3) is 0 Å². The maximum absolute atomic E-state index is 11.9. The van der Waals surface area contributed by atoms with E-state index in [0.717, 1.165) is 19.3 Å². The lowest BCUT2D eigenvalue weighted by molar-refractivity contribution is -0.160. The van der Waals surface area contributed by atoms with Crippen molar-refractivity contribution in [2.45, 2.75) is 65.4 Å². The third kappa shape index (κ3) is 7.49. The molecule has 1 unspecified atom stereocenters. The van der Waals surface area contributed by atoms with Crippen molar-refractivity contribution in [3.05, 3.63) is 12.7 Å². The molecule has 0 aliphatic carbocycles. The van der Waals surface area contributed by atoms with Crippen LogP contribution in [-0.4, -0.2) is 11.6 Å². The maximum atomic E-state index is 11.9. The molecule has 0 aliphatic rings. The predicted molar refractivity (Wildman–Crippen MR) is 68.3 cm³/mol. The minimum absolute atomic E-state index is 0.0109. The summed E-state index contributed by atoms with van der Waals surface area (Å²) in [7, 11) is 0. The van der Waals surface area contributed by atoms with Crippen LogP contribution in [0, 0.1) is 5.92 Å². The molecule has 0 saturated carbocycles. The van der Waals surface area contributed by atoms with Gasteiger partial charge in [-0.3, -0.25) is 4.79 Å². The van der Waals surface area contributed by atoms with Crippen LogP contribution in [0.5, 0.6) is 0 Å². The third-order valence-corrected chi connectivity index (χ3v) is 2.35. The van der Waals surface area contributed by atoms with Crippen LogP contribution in [0.15, 0.2) is 12.7 Å². The van der Waals surface area contributed by atoms with Gasteiger partial charge in [-0.15, -0.1) is 6.58 Å². The van der Waals surface area contributed by atoms with Gasteiger partial charge in [0.05, 0.1) is 5.92 Å². The lowest BCUT2D eigenvalue weighted by Gasteiger charge is -2.23. The molecule has 1 atom stereocenters. The summed E-state index contributed by atoms with van der Waals surface area (Å²) in [6.45, 7) is 11.6. The zero-order chi connectivity index (χ0) is 12.6. The predicted octanol–water partition coefficient (Wildman–Crippen LogP) is 4.10. The van der Waals surface area contributed by atoms with E-state index < -0.39 is 0 Å². The summed E-state index contributed by atoms with van der Waals surface area (Å²) in [6.07, 6.45) is 6.88. The van der Waals surface area contributed by atoms with E-state index >= 15 is 0 Å². The molecule has 0 N–H and O–H groups in total. The van der Waals surface area contributed by atoms with E-state index in [2.05, 4.69) is 13.5 Å². The molecule has 0 aliphatic heterocycles. The molecule has 16 heavy (non-hydrogen) atoms. The Balaban J connectivity index is 4.18. The molecule has 0 radical (unpaired) electrons. The second kappa shape index (κ2) is 7.48. The summed E-state index contributed by atoms with van der Waals surface area (Å²) in [6, 6.07) is 0. The summed E-state index contributed by atoms with van der Waals surface area (Å²) < 4.78 is 5.40. The summed E-state index contributed by atoms with van der Waals surface area (Å²) in [5.74, 6) is -0.0909. The van der Waals surface area contributed by atoms with Crippen LogP contribution in [-0.2, 0) is 9.53 Å². The monoisotopic (exact) mass is 226 g/mol. The molecule has 0 fully saturated rings. The van der Waals surface area contributed by atoms with E-state index in [1.165, 1.54) is 12.8 Å². The fourth-order valence-electron chi connectivity index (χ4n) is 1.56. The molecule has 0 aromatic rings. The lowest BCUT2D eigenvalue weighted by Crippen LogP contribution is -2.28. The number of ether oxygens (including phenoxy) is 1. The van der Waals surface area contributed by atoms with E-state index in [9.17, 15) is 4.79 Å². The van der Waals surface area contributed by atoms with Crippen molar-refractivity contribution in [1.29, 1.82) is 0 Å². The molecule has 0 aromatic carbocycles. The Hall–Kier alpha value is -0.790. The molecular weight excluding hydrogens is 200 g/mol. The number of unbranched alkanes of at least 4 members (excludes halogenated alkanes) is 2. The fourth-order valence-corrected chi connectivity index (χ4v) is 1.56. The summed E-state index contributed by atoms with van der Waals surface area (Å²) in [4.78, 5) is 11.9. The first kappa shape index (κ1) is 15.2. The standard InChI is InChI=1S/C14H26O2/c1-6-8-9-11-12(10-7-2)13(15)16-14(3,4)5/h7,12H,2,6,8-11H2,1,3-5H3. The Labute approximate surface area is 100 Å². The van der Waals surface area contributed by atoms with E-state index in [1.807, 2.05) is 20.8 Å². The molecule has 0 spiro atoms. The molecule has 0 bridgehead atoms. The van der Waals surface area contributed by atoms with Gasteiger partial charge >= 0.3 is 5.97 Å². The van der Waals surface area contributed by atoms with Crippen molar-refractivity contribution in [3.63, 3.8) is 0 Å². The number of esters is 1. The van der Waals surface area contributed by atoms with Crippen molar-refractivity contribution in [3.8, 4) is 0 Å². The van der Waals surface area contributed by atoms with Gasteiger partial charge in [-0.25, -0.2) is 0 Å². The number of allylic oxidation sites excluding steroid dienone is 1. The number of hydrogen-bond acceptors (Lipinski definition) is 2. The van der Waals surface area contributed by atoms with Gasteiger partial charge in [-0.2, -0.15) is 0 Å². The average Bonchev–Trinajstić information content (AvgIpc) is 2.14. The van der Waals surface area contributed by atoms with Gasteiger partial charge in [-0.05, 0) is 33.6 Å². The molecule has 2 heteroatoms. The smallest absolute Gasteiger partial charge is 0.309 e. The van der Waals surface area contributed by atoms with Crippen molar-refractivity contribution >= 4 is 5.97 Å². The summed E-state index contributed by atoms with van der Waals surface area (Å²) in [5.41, 5.74) is -0.388. The number of carbonyl (C=O) groups excluding carboxylic acids is 1. The minimum atomic E-state index is -0.388. The Morgan fingerprint density at radius 2 is 2.00 bits per heavy atom.